The van der Waals surface area contributed by atoms with Gasteiger partial charge in [-0.2, -0.15) is 11.8 Å². The third-order valence-corrected chi connectivity index (χ3v) is 6.17. The maximum Gasteiger partial charge on any atom is 0.234 e. The van der Waals surface area contributed by atoms with Gasteiger partial charge in [-0.1, -0.05) is 0 Å². The third-order valence-electron chi connectivity index (χ3n) is 3.42. The lowest BCUT2D eigenvalue weighted by molar-refractivity contribution is -0.122. The summed E-state index contributed by atoms with van der Waals surface area (Å²) in [5.41, 5.74) is 5.63. The molecule has 2 fully saturated rings. The summed E-state index contributed by atoms with van der Waals surface area (Å²) in [4.78, 5) is 12.1. The Balaban J connectivity index is 1.89. The van der Waals surface area contributed by atoms with Gasteiger partial charge in [-0.15, -0.1) is 11.8 Å². The number of thioether (sulfide) groups is 2. The van der Waals surface area contributed by atoms with Crippen LogP contribution in [0.4, 0.5) is 0 Å². The molecule has 16 heavy (non-hydrogen) atoms. The highest BCUT2D eigenvalue weighted by Gasteiger charge is 2.42. The second-order valence-electron chi connectivity index (χ2n) is 4.82. The van der Waals surface area contributed by atoms with Crippen LogP contribution in [0.2, 0.25) is 0 Å². The molecule has 2 aliphatic rings. The topological polar surface area (TPSA) is 55.1 Å². The molecule has 92 valence electrons. The van der Waals surface area contributed by atoms with Gasteiger partial charge in [0, 0.05) is 23.8 Å². The smallest absolute Gasteiger partial charge is 0.234 e. The van der Waals surface area contributed by atoms with E-state index in [-0.39, 0.29) is 16.7 Å². The van der Waals surface area contributed by atoms with Crippen molar-refractivity contribution in [2.24, 2.45) is 11.7 Å². The minimum atomic E-state index is -0.167. The molecule has 0 spiro atoms. The van der Waals surface area contributed by atoms with Crippen LogP contribution in [0.5, 0.6) is 0 Å². The molecule has 0 aromatic rings. The lowest BCUT2D eigenvalue weighted by atomic mass is 9.96. The summed E-state index contributed by atoms with van der Waals surface area (Å²) in [7, 11) is 0. The van der Waals surface area contributed by atoms with Gasteiger partial charge in [0.2, 0.25) is 5.91 Å². The van der Waals surface area contributed by atoms with Gasteiger partial charge < -0.3 is 11.1 Å². The molecule has 0 aromatic carbocycles. The largest absolute Gasteiger partial charge is 0.348 e. The Bertz CT molecular complexity index is 265. The van der Waals surface area contributed by atoms with Crippen LogP contribution in [-0.2, 0) is 4.79 Å². The van der Waals surface area contributed by atoms with E-state index < -0.39 is 0 Å². The number of carbonyl (C=O) groups is 1. The predicted molar refractivity (Wildman–Crippen MR) is 71.9 cm³/mol. The number of rotatable bonds is 4. The standard InChI is InChI=1S/C11H20N2OS2/c1-11(7-12,8-2-3-8)13-10(14)9-6-15-4-5-16-9/h8-9H,2-7,12H2,1H3,(H,13,14). The van der Waals surface area contributed by atoms with E-state index in [1.54, 1.807) is 11.8 Å². The van der Waals surface area contributed by atoms with E-state index in [2.05, 4.69) is 12.2 Å². The van der Waals surface area contributed by atoms with Gasteiger partial charge in [0.25, 0.3) is 0 Å². The highest BCUT2D eigenvalue weighted by Crippen LogP contribution is 2.39. The Morgan fingerprint density at radius 3 is 2.75 bits per heavy atom. The van der Waals surface area contributed by atoms with Gasteiger partial charge in [0.1, 0.15) is 0 Å². The van der Waals surface area contributed by atoms with E-state index in [1.807, 2.05) is 11.8 Å². The molecule has 1 heterocycles. The molecule has 1 aliphatic heterocycles. The average Bonchev–Trinajstić information content (AvgIpc) is 3.14. The van der Waals surface area contributed by atoms with Crippen molar-refractivity contribution in [1.29, 1.82) is 0 Å². The summed E-state index contributed by atoms with van der Waals surface area (Å²) in [5, 5.41) is 3.30. The Morgan fingerprint density at radius 1 is 1.50 bits per heavy atom. The van der Waals surface area contributed by atoms with Gasteiger partial charge in [-0.05, 0) is 25.7 Å². The van der Waals surface area contributed by atoms with Crippen molar-refractivity contribution >= 4 is 29.4 Å². The van der Waals surface area contributed by atoms with Crippen molar-refractivity contribution in [3.63, 3.8) is 0 Å². The van der Waals surface area contributed by atoms with Gasteiger partial charge >= 0.3 is 0 Å². The quantitative estimate of drug-likeness (QED) is 0.794. The first-order chi connectivity index (χ1) is 7.65. The number of nitrogens with one attached hydrogen (secondary N) is 1. The molecule has 1 saturated carbocycles. The van der Waals surface area contributed by atoms with Crippen LogP contribution in [0, 0.1) is 5.92 Å². The molecule has 2 rings (SSSR count). The van der Waals surface area contributed by atoms with Crippen LogP contribution in [0.1, 0.15) is 19.8 Å². The molecule has 5 heteroatoms. The first kappa shape index (κ1) is 12.6. The molecular formula is C11H20N2OS2. The van der Waals surface area contributed by atoms with E-state index >= 15 is 0 Å². The van der Waals surface area contributed by atoms with Crippen molar-refractivity contribution < 1.29 is 4.79 Å². The number of amides is 1. The Morgan fingerprint density at radius 2 is 2.25 bits per heavy atom. The van der Waals surface area contributed by atoms with E-state index in [1.165, 1.54) is 18.6 Å². The summed E-state index contributed by atoms with van der Waals surface area (Å²) in [6.45, 7) is 2.64. The van der Waals surface area contributed by atoms with Crippen LogP contribution in [-0.4, -0.2) is 40.5 Å². The second kappa shape index (κ2) is 5.19. The first-order valence-electron chi connectivity index (χ1n) is 5.87. The van der Waals surface area contributed by atoms with Crippen LogP contribution in [0.3, 0.4) is 0 Å². The zero-order valence-electron chi connectivity index (χ0n) is 9.70. The molecule has 3 nitrogen and oxygen atoms in total. The highest BCUT2D eigenvalue weighted by atomic mass is 32.2. The lowest BCUT2D eigenvalue weighted by Gasteiger charge is -2.32. The van der Waals surface area contributed by atoms with Crippen LogP contribution < -0.4 is 11.1 Å². The summed E-state index contributed by atoms with van der Waals surface area (Å²) in [6.07, 6.45) is 2.42. The molecule has 1 amide bonds. The maximum absolute atomic E-state index is 12.1. The van der Waals surface area contributed by atoms with E-state index in [9.17, 15) is 4.79 Å². The fourth-order valence-electron chi connectivity index (χ4n) is 2.04. The average molecular weight is 260 g/mol. The summed E-state index contributed by atoms with van der Waals surface area (Å²) in [5.74, 6) is 4.00. The molecule has 0 radical (unpaired) electrons. The Kier molecular flexibility index (Phi) is 4.08. The third kappa shape index (κ3) is 2.87. The van der Waals surface area contributed by atoms with Crippen molar-refractivity contribution in [2.45, 2.75) is 30.6 Å². The minimum absolute atomic E-state index is 0.128. The van der Waals surface area contributed by atoms with Crippen molar-refractivity contribution in [2.75, 3.05) is 23.8 Å². The molecule has 2 unspecified atom stereocenters. The molecular weight excluding hydrogens is 240 g/mol. The summed E-state index contributed by atoms with van der Waals surface area (Å²) < 4.78 is 0. The predicted octanol–water partition coefficient (Wildman–Crippen LogP) is 1.08. The van der Waals surface area contributed by atoms with E-state index in [0.29, 0.717) is 12.5 Å². The molecule has 0 aromatic heterocycles. The zero-order chi connectivity index (χ0) is 11.6. The van der Waals surface area contributed by atoms with E-state index in [4.69, 9.17) is 5.73 Å². The van der Waals surface area contributed by atoms with Gasteiger partial charge in [0.15, 0.2) is 0 Å². The number of carbonyl (C=O) groups excluding carboxylic acids is 1. The Labute approximate surface area is 106 Å². The van der Waals surface area contributed by atoms with Crippen molar-refractivity contribution in [1.82, 2.24) is 5.32 Å². The fraction of sp³-hybridized carbons (Fsp3) is 0.909. The number of hydrogen-bond acceptors (Lipinski definition) is 4. The molecule has 3 N–H and O–H groups in total. The van der Waals surface area contributed by atoms with Crippen molar-refractivity contribution in [3.8, 4) is 0 Å². The summed E-state index contributed by atoms with van der Waals surface area (Å²) >= 11 is 3.66. The SMILES string of the molecule is CC(CN)(NC(=O)C1CSCCS1)C1CC1. The lowest BCUT2D eigenvalue weighted by Crippen LogP contribution is -2.55. The van der Waals surface area contributed by atoms with Gasteiger partial charge in [-0.3, -0.25) is 4.79 Å². The summed E-state index contributed by atoms with van der Waals surface area (Å²) in [6, 6.07) is 0. The van der Waals surface area contributed by atoms with Crippen LogP contribution >= 0.6 is 23.5 Å². The molecule has 1 saturated heterocycles. The normalized spacial score (nSPS) is 29.5. The Hall–Kier alpha value is 0.130. The van der Waals surface area contributed by atoms with Crippen molar-refractivity contribution in [3.05, 3.63) is 0 Å². The fourth-order valence-corrected chi connectivity index (χ4v) is 4.60. The first-order valence-corrected chi connectivity index (χ1v) is 8.07. The minimum Gasteiger partial charge on any atom is -0.348 e. The van der Waals surface area contributed by atoms with Crippen LogP contribution in [0.25, 0.3) is 0 Å². The molecule has 0 bridgehead atoms. The number of hydrogen-bond donors (Lipinski definition) is 2. The monoisotopic (exact) mass is 260 g/mol. The van der Waals surface area contributed by atoms with Crippen LogP contribution in [0.15, 0.2) is 0 Å². The second-order valence-corrected chi connectivity index (χ2v) is 7.28. The molecule has 2 atom stereocenters. The zero-order valence-corrected chi connectivity index (χ0v) is 11.3. The van der Waals surface area contributed by atoms with Gasteiger partial charge in [-0.25, -0.2) is 0 Å². The van der Waals surface area contributed by atoms with Gasteiger partial charge in [0.05, 0.1) is 10.8 Å². The number of nitrogens with two attached hydrogens (primary N) is 1. The molecule has 1 aliphatic carbocycles. The van der Waals surface area contributed by atoms with E-state index in [0.717, 1.165) is 11.5 Å². The maximum atomic E-state index is 12.1. The highest BCUT2D eigenvalue weighted by molar-refractivity contribution is 8.07.